The molecule has 0 saturated carbocycles. The molecule has 0 unspecified atom stereocenters. The number of carboxylic acid groups (broad SMARTS) is 1. The summed E-state index contributed by atoms with van der Waals surface area (Å²) in [6.07, 6.45) is 4.11. The smallest absolute Gasteiger partial charge is 0.305 e. The van der Waals surface area contributed by atoms with Gasteiger partial charge >= 0.3 is 5.97 Å². The summed E-state index contributed by atoms with van der Waals surface area (Å²) in [5.74, 6) is -1.47. The number of rotatable bonds is 6. The normalized spacial score (nSPS) is 16.2. The molecule has 0 spiro atoms. The fourth-order valence-corrected chi connectivity index (χ4v) is 4.93. The number of carbonyl (C=O) groups is 3. The number of benzene rings is 1. The quantitative estimate of drug-likeness (QED) is 0.613. The van der Waals surface area contributed by atoms with Crippen molar-refractivity contribution in [2.45, 2.75) is 32.2 Å². The summed E-state index contributed by atoms with van der Waals surface area (Å²) in [7, 11) is 0. The highest BCUT2D eigenvalue weighted by molar-refractivity contribution is 7.18. The van der Waals surface area contributed by atoms with Gasteiger partial charge < -0.3 is 15.3 Å². The molecule has 2 aromatic rings. The molecule has 1 atom stereocenters. The molecule has 1 fully saturated rings. The summed E-state index contributed by atoms with van der Waals surface area (Å²) in [5, 5.41) is 15.3. The number of nitrogens with one attached hydrogen (secondary N) is 1. The molecule has 2 amide bonds. The van der Waals surface area contributed by atoms with Gasteiger partial charge in [-0.3, -0.25) is 14.4 Å². The summed E-state index contributed by atoms with van der Waals surface area (Å²) in [6, 6.07) is 3.43. The molecule has 0 radical (unpaired) electrons. The van der Waals surface area contributed by atoms with Crippen molar-refractivity contribution in [3.63, 3.8) is 0 Å². The summed E-state index contributed by atoms with van der Waals surface area (Å²) < 4.78 is 0.920. The minimum absolute atomic E-state index is 0.113. The highest BCUT2D eigenvalue weighted by Crippen LogP contribution is 2.37. The third-order valence-electron chi connectivity index (χ3n) is 5.10. The fraction of sp³-hybridized carbons (Fsp3) is 0.381. The fourth-order valence-electron chi connectivity index (χ4n) is 3.49. The highest BCUT2D eigenvalue weighted by Gasteiger charge is 2.27. The number of halogens is 2. The molecule has 1 saturated heterocycles. The van der Waals surface area contributed by atoms with Crippen molar-refractivity contribution >= 4 is 68.5 Å². The molecule has 1 aromatic carbocycles. The molecule has 1 aromatic heterocycles. The zero-order chi connectivity index (χ0) is 21.8. The molecule has 30 heavy (non-hydrogen) atoms. The zero-order valence-electron chi connectivity index (χ0n) is 16.4. The van der Waals surface area contributed by atoms with Crippen molar-refractivity contribution in [2.75, 3.05) is 13.1 Å². The third-order valence-corrected chi connectivity index (χ3v) is 7.05. The summed E-state index contributed by atoms with van der Waals surface area (Å²) in [4.78, 5) is 37.3. The van der Waals surface area contributed by atoms with E-state index in [2.05, 4.69) is 5.32 Å². The Labute approximate surface area is 188 Å². The van der Waals surface area contributed by atoms with E-state index in [1.807, 2.05) is 17.5 Å². The Hall–Kier alpha value is -2.09. The Morgan fingerprint density at radius 3 is 2.67 bits per heavy atom. The van der Waals surface area contributed by atoms with Gasteiger partial charge in [0.1, 0.15) is 0 Å². The van der Waals surface area contributed by atoms with Crippen LogP contribution in [0.4, 0.5) is 0 Å². The predicted octanol–water partition coefficient (Wildman–Crippen LogP) is 4.44. The van der Waals surface area contributed by atoms with Gasteiger partial charge in [0.2, 0.25) is 11.8 Å². The molecule has 160 valence electrons. The summed E-state index contributed by atoms with van der Waals surface area (Å²) in [5.41, 5.74) is 0.683. The van der Waals surface area contributed by atoms with Gasteiger partial charge in [0.05, 0.1) is 21.2 Å². The van der Waals surface area contributed by atoms with Crippen LogP contribution in [0, 0.1) is 5.92 Å². The van der Waals surface area contributed by atoms with E-state index in [9.17, 15) is 14.4 Å². The molecule has 3 rings (SSSR count). The van der Waals surface area contributed by atoms with E-state index >= 15 is 0 Å². The summed E-state index contributed by atoms with van der Waals surface area (Å²) >= 11 is 14.2. The van der Waals surface area contributed by atoms with E-state index in [4.69, 9.17) is 28.3 Å². The van der Waals surface area contributed by atoms with Gasteiger partial charge in [-0.1, -0.05) is 23.2 Å². The van der Waals surface area contributed by atoms with Crippen LogP contribution >= 0.6 is 34.5 Å². The van der Waals surface area contributed by atoms with Gasteiger partial charge in [0, 0.05) is 31.1 Å². The predicted molar refractivity (Wildman–Crippen MR) is 120 cm³/mol. The number of nitrogens with zero attached hydrogens (tertiary/aromatic N) is 1. The number of hydrogen-bond acceptors (Lipinski definition) is 4. The number of carbonyl (C=O) groups excluding carboxylic acids is 2. The van der Waals surface area contributed by atoms with Gasteiger partial charge in [0.15, 0.2) is 0 Å². The van der Waals surface area contributed by atoms with Crippen LogP contribution in [0.25, 0.3) is 16.2 Å². The first kappa shape index (κ1) is 22.6. The highest BCUT2D eigenvalue weighted by atomic mass is 35.5. The van der Waals surface area contributed by atoms with Crippen LogP contribution in [0.1, 0.15) is 31.7 Å². The maximum Gasteiger partial charge on any atom is 0.305 e. The van der Waals surface area contributed by atoms with Crippen molar-refractivity contribution in [3.8, 4) is 0 Å². The lowest BCUT2D eigenvalue weighted by molar-refractivity contribution is -0.138. The monoisotopic (exact) mass is 468 g/mol. The van der Waals surface area contributed by atoms with Gasteiger partial charge in [-0.15, -0.1) is 11.3 Å². The zero-order valence-corrected chi connectivity index (χ0v) is 18.7. The topological polar surface area (TPSA) is 86.7 Å². The van der Waals surface area contributed by atoms with Gasteiger partial charge in [-0.25, -0.2) is 0 Å². The number of likely N-dealkylation sites (tertiary alicyclic amines) is 1. The number of carboxylic acids is 1. The first-order valence-corrected chi connectivity index (χ1v) is 11.2. The second kappa shape index (κ2) is 9.81. The van der Waals surface area contributed by atoms with Crippen LogP contribution in [-0.4, -0.2) is 46.9 Å². The van der Waals surface area contributed by atoms with E-state index in [1.165, 1.54) is 17.4 Å². The largest absolute Gasteiger partial charge is 0.481 e. The minimum atomic E-state index is -0.949. The molecular weight excluding hydrogens is 447 g/mol. The number of hydrogen-bond donors (Lipinski definition) is 2. The molecule has 1 aliphatic heterocycles. The molecule has 9 heteroatoms. The Morgan fingerprint density at radius 2 is 2.00 bits per heavy atom. The Bertz CT molecular complexity index is 996. The van der Waals surface area contributed by atoms with Gasteiger partial charge in [0.25, 0.3) is 0 Å². The second-order valence-electron chi connectivity index (χ2n) is 7.37. The Morgan fingerprint density at radius 1 is 1.30 bits per heavy atom. The SMILES string of the molecule is C[C@@H](CC(=O)O)NC(=O)C1CCN(C(=O)/C=C/c2cc3ccsc3c(Cl)c2Cl)CC1. The van der Waals surface area contributed by atoms with Crippen molar-refractivity contribution in [2.24, 2.45) is 5.92 Å². The average Bonchev–Trinajstić information content (AvgIpc) is 3.17. The third kappa shape index (κ3) is 5.33. The second-order valence-corrected chi connectivity index (χ2v) is 9.05. The van der Waals surface area contributed by atoms with E-state index in [0.29, 0.717) is 41.5 Å². The van der Waals surface area contributed by atoms with E-state index in [1.54, 1.807) is 17.9 Å². The van der Waals surface area contributed by atoms with Crippen molar-refractivity contribution < 1.29 is 19.5 Å². The van der Waals surface area contributed by atoms with Crippen molar-refractivity contribution in [3.05, 3.63) is 39.2 Å². The lowest BCUT2D eigenvalue weighted by atomic mass is 9.95. The van der Waals surface area contributed by atoms with E-state index in [0.717, 1.165) is 10.1 Å². The van der Waals surface area contributed by atoms with Crippen LogP contribution in [0.5, 0.6) is 0 Å². The van der Waals surface area contributed by atoms with Gasteiger partial charge in [-0.2, -0.15) is 0 Å². The number of piperidine rings is 1. The molecule has 2 N–H and O–H groups in total. The molecule has 0 aliphatic carbocycles. The first-order chi connectivity index (χ1) is 14.3. The minimum Gasteiger partial charge on any atom is -0.481 e. The summed E-state index contributed by atoms with van der Waals surface area (Å²) in [6.45, 7) is 2.60. The molecule has 2 heterocycles. The number of fused-ring (bicyclic) bond motifs is 1. The van der Waals surface area contributed by atoms with E-state index in [-0.39, 0.29) is 24.2 Å². The molecular formula is C21H22Cl2N2O4S. The lowest BCUT2D eigenvalue weighted by Crippen LogP contribution is -2.44. The lowest BCUT2D eigenvalue weighted by Gasteiger charge is -2.31. The van der Waals surface area contributed by atoms with E-state index < -0.39 is 12.0 Å². The molecule has 6 nitrogen and oxygen atoms in total. The van der Waals surface area contributed by atoms with Crippen LogP contribution in [-0.2, 0) is 14.4 Å². The van der Waals surface area contributed by atoms with Crippen LogP contribution in [0.2, 0.25) is 10.0 Å². The molecule has 1 aliphatic rings. The number of amides is 2. The van der Waals surface area contributed by atoms with Crippen LogP contribution in [0.3, 0.4) is 0 Å². The standard InChI is InChI=1S/C21H22Cl2N2O4S/c1-12(10-17(27)28)24-21(29)13-4-7-25(8-5-13)16(26)3-2-14-11-15-6-9-30-20(15)19(23)18(14)22/h2-3,6,9,11-13H,4-5,7-8,10H2,1H3,(H,24,29)(H,27,28)/b3-2+/t12-/m0/s1. The number of aliphatic carboxylic acids is 1. The Kier molecular flexibility index (Phi) is 7.39. The van der Waals surface area contributed by atoms with Gasteiger partial charge in [-0.05, 0) is 54.3 Å². The maximum atomic E-state index is 12.6. The maximum absolute atomic E-state index is 12.6. The van der Waals surface area contributed by atoms with Crippen molar-refractivity contribution in [1.29, 1.82) is 0 Å². The molecule has 0 bridgehead atoms. The van der Waals surface area contributed by atoms with Crippen LogP contribution in [0.15, 0.2) is 23.6 Å². The van der Waals surface area contributed by atoms with Crippen LogP contribution < -0.4 is 5.32 Å². The van der Waals surface area contributed by atoms with Crippen molar-refractivity contribution in [1.82, 2.24) is 10.2 Å². The average molecular weight is 469 g/mol. The first-order valence-electron chi connectivity index (χ1n) is 9.60. The Balaban J connectivity index is 1.56. The number of thiophene rings is 1.